The average Bonchev–Trinajstić information content (AvgIpc) is 2.00. The first-order valence-corrected chi connectivity index (χ1v) is 5.78. The van der Waals surface area contributed by atoms with E-state index in [2.05, 4.69) is 20.8 Å². The van der Waals surface area contributed by atoms with Gasteiger partial charge < -0.3 is 13.6 Å². The van der Waals surface area contributed by atoms with Crippen LogP contribution in [0.2, 0.25) is 0 Å². The molecule has 80 valence electrons. The molecule has 0 unspecified atom stereocenters. The Morgan fingerprint density at radius 1 is 0.923 bits per heavy atom. The first kappa shape index (κ1) is 13.3. The van der Waals surface area contributed by atoms with E-state index in [0.717, 1.165) is 0 Å². The molecule has 0 rings (SSSR count). The number of rotatable bonds is 6. The molecule has 0 atom stereocenters. The van der Waals surface area contributed by atoms with Gasteiger partial charge in [0.15, 0.2) is 0 Å². The molecule has 3 nitrogen and oxygen atoms in total. The van der Waals surface area contributed by atoms with Crippen molar-refractivity contribution in [3.05, 3.63) is 0 Å². The summed E-state index contributed by atoms with van der Waals surface area (Å²) in [5, 5.41) is 0. The minimum atomic E-state index is -1.13. The predicted molar refractivity (Wildman–Crippen MR) is 55.6 cm³/mol. The Hall–Kier alpha value is 0.310. The molecule has 0 spiro atoms. The lowest BCUT2D eigenvalue weighted by Crippen LogP contribution is -2.13. The first-order valence-electron chi connectivity index (χ1n) is 4.68. The van der Waals surface area contributed by atoms with Gasteiger partial charge in [0.05, 0.1) is 19.8 Å². The van der Waals surface area contributed by atoms with Gasteiger partial charge in [0.1, 0.15) is 0 Å². The molecule has 0 bridgehead atoms. The summed E-state index contributed by atoms with van der Waals surface area (Å²) in [6.45, 7) is 12.2. The van der Waals surface area contributed by atoms with Gasteiger partial charge in [-0.3, -0.25) is 0 Å². The van der Waals surface area contributed by atoms with Crippen LogP contribution in [0.5, 0.6) is 0 Å². The molecule has 0 saturated heterocycles. The average molecular weight is 208 g/mol. The SMILES string of the molecule is CCOP(OCC)OCC(C)(C)C. The van der Waals surface area contributed by atoms with Crippen LogP contribution >= 0.6 is 8.60 Å². The van der Waals surface area contributed by atoms with Gasteiger partial charge in [-0.15, -0.1) is 0 Å². The maximum Gasteiger partial charge on any atom is 0.332 e. The molecule has 0 saturated carbocycles. The Morgan fingerprint density at radius 2 is 1.38 bits per heavy atom. The zero-order valence-electron chi connectivity index (χ0n) is 9.29. The molecule has 0 aliphatic heterocycles. The summed E-state index contributed by atoms with van der Waals surface area (Å²) in [5.41, 5.74) is 0.161. The molecule has 0 amide bonds. The Bertz CT molecular complexity index is 117. The number of hydrogen-bond donors (Lipinski definition) is 0. The van der Waals surface area contributed by atoms with E-state index in [1.807, 2.05) is 13.8 Å². The third-order valence-corrected chi connectivity index (χ3v) is 2.35. The molecule has 0 aliphatic rings. The van der Waals surface area contributed by atoms with Crippen molar-refractivity contribution in [2.24, 2.45) is 5.41 Å². The minimum Gasteiger partial charge on any atom is -0.313 e. The molecule has 0 heterocycles. The van der Waals surface area contributed by atoms with Crippen molar-refractivity contribution < 1.29 is 13.6 Å². The Kier molecular flexibility index (Phi) is 6.88. The lowest BCUT2D eigenvalue weighted by Gasteiger charge is -2.21. The fourth-order valence-corrected chi connectivity index (χ4v) is 1.71. The van der Waals surface area contributed by atoms with Crippen LogP contribution in [-0.2, 0) is 13.6 Å². The lowest BCUT2D eigenvalue weighted by atomic mass is 9.99. The largest absolute Gasteiger partial charge is 0.332 e. The van der Waals surface area contributed by atoms with E-state index < -0.39 is 8.60 Å². The van der Waals surface area contributed by atoms with Gasteiger partial charge in [-0.25, -0.2) is 0 Å². The highest BCUT2D eigenvalue weighted by molar-refractivity contribution is 7.41. The molecular formula is C9H21O3P. The van der Waals surface area contributed by atoms with Crippen LogP contribution in [-0.4, -0.2) is 19.8 Å². The molecule has 0 aromatic rings. The van der Waals surface area contributed by atoms with Crippen LogP contribution in [0.25, 0.3) is 0 Å². The van der Waals surface area contributed by atoms with Crippen molar-refractivity contribution in [3.8, 4) is 0 Å². The summed E-state index contributed by atoms with van der Waals surface area (Å²) in [6, 6.07) is 0. The highest BCUT2D eigenvalue weighted by Gasteiger charge is 2.17. The molecule has 4 heteroatoms. The van der Waals surface area contributed by atoms with Gasteiger partial charge in [0, 0.05) is 0 Å². The maximum absolute atomic E-state index is 5.51. The van der Waals surface area contributed by atoms with Crippen molar-refractivity contribution in [2.45, 2.75) is 34.6 Å². The Morgan fingerprint density at radius 3 is 1.69 bits per heavy atom. The quantitative estimate of drug-likeness (QED) is 0.626. The molecule has 0 fully saturated rings. The lowest BCUT2D eigenvalue weighted by molar-refractivity contribution is 0.129. The minimum absolute atomic E-state index is 0.161. The Balaban J connectivity index is 3.68. The topological polar surface area (TPSA) is 27.7 Å². The summed E-state index contributed by atoms with van der Waals surface area (Å²) in [7, 11) is -1.13. The summed E-state index contributed by atoms with van der Waals surface area (Å²) in [6.07, 6.45) is 0. The normalized spacial score (nSPS) is 12.5. The van der Waals surface area contributed by atoms with Crippen LogP contribution in [0.1, 0.15) is 34.6 Å². The zero-order chi connectivity index (χ0) is 10.3. The molecule has 0 radical (unpaired) electrons. The summed E-state index contributed by atoms with van der Waals surface area (Å²) in [4.78, 5) is 0. The summed E-state index contributed by atoms with van der Waals surface area (Å²) < 4.78 is 16.1. The highest BCUT2D eigenvalue weighted by atomic mass is 31.2. The van der Waals surface area contributed by atoms with E-state index in [-0.39, 0.29) is 5.41 Å². The molecule has 0 aromatic heterocycles. The van der Waals surface area contributed by atoms with Crippen LogP contribution in [0.4, 0.5) is 0 Å². The first-order chi connectivity index (χ1) is 5.99. The Labute approximate surface area is 82.8 Å². The molecule has 0 aliphatic carbocycles. The van der Waals surface area contributed by atoms with Gasteiger partial charge in [0.25, 0.3) is 0 Å². The van der Waals surface area contributed by atoms with Crippen LogP contribution < -0.4 is 0 Å². The second-order valence-corrected chi connectivity index (χ2v) is 5.12. The predicted octanol–water partition coefficient (Wildman–Crippen LogP) is 3.35. The standard InChI is InChI=1S/C9H21O3P/c1-6-10-13(11-7-2)12-8-9(3,4)5/h6-8H2,1-5H3. The van der Waals surface area contributed by atoms with Crippen LogP contribution in [0.15, 0.2) is 0 Å². The van der Waals surface area contributed by atoms with E-state index in [0.29, 0.717) is 19.8 Å². The van der Waals surface area contributed by atoms with Gasteiger partial charge in [0.2, 0.25) is 0 Å². The van der Waals surface area contributed by atoms with E-state index in [1.54, 1.807) is 0 Å². The van der Waals surface area contributed by atoms with E-state index >= 15 is 0 Å². The second kappa shape index (κ2) is 6.72. The van der Waals surface area contributed by atoms with Crippen molar-refractivity contribution in [2.75, 3.05) is 19.8 Å². The monoisotopic (exact) mass is 208 g/mol. The molecule has 0 aromatic carbocycles. The molecule has 0 N–H and O–H groups in total. The van der Waals surface area contributed by atoms with Crippen molar-refractivity contribution >= 4 is 8.60 Å². The maximum atomic E-state index is 5.51. The molecule has 13 heavy (non-hydrogen) atoms. The molecular weight excluding hydrogens is 187 g/mol. The third kappa shape index (κ3) is 8.63. The number of hydrogen-bond acceptors (Lipinski definition) is 3. The van der Waals surface area contributed by atoms with Crippen molar-refractivity contribution in [1.82, 2.24) is 0 Å². The van der Waals surface area contributed by atoms with Gasteiger partial charge >= 0.3 is 8.60 Å². The third-order valence-electron chi connectivity index (χ3n) is 1.07. The van der Waals surface area contributed by atoms with Crippen molar-refractivity contribution in [3.63, 3.8) is 0 Å². The van der Waals surface area contributed by atoms with Crippen molar-refractivity contribution in [1.29, 1.82) is 0 Å². The van der Waals surface area contributed by atoms with E-state index in [9.17, 15) is 0 Å². The van der Waals surface area contributed by atoms with E-state index in [4.69, 9.17) is 13.6 Å². The smallest absolute Gasteiger partial charge is 0.313 e. The fourth-order valence-electron chi connectivity index (χ4n) is 0.569. The van der Waals surface area contributed by atoms with Gasteiger partial charge in [-0.1, -0.05) is 20.8 Å². The fraction of sp³-hybridized carbons (Fsp3) is 1.00. The van der Waals surface area contributed by atoms with E-state index in [1.165, 1.54) is 0 Å². The van der Waals surface area contributed by atoms with Gasteiger partial charge in [-0.2, -0.15) is 0 Å². The highest BCUT2D eigenvalue weighted by Crippen LogP contribution is 2.40. The second-order valence-electron chi connectivity index (χ2n) is 3.89. The van der Waals surface area contributed by atoms with Gasteiger partial charge in [-0.05, 0) is 19.3 Å². The summed E-state index contributed by atoms with van der Waals surface area (Å²) in [5.74, 6) is 0. The van der Waals surface area contributed by atoms with Crippen LogP contribution in [0, 0.1) is 5.41 Å². The summed E-state index contributed by atoms with van der Waals surface area (Å²) >= 11 is 0. The van der Waals surface area contributed by atoms with Crippen LogP contribution in [0.3, 0.4) is 0 Å². The zero-order valence-corrected chi connectivity index (χ0v) is 10.2.